The van der Waals surface area contributed by atoms with Gasteiger partial charge in [-0.2, -0.15) is 0 Å². The fraction of sp³-hybridized carbons (Fsp3) is 0.763. The van der Waals surface area contributed by atoms with E-state index in [0.717, 1.165) is 64.2 Å². The van der Waals surface area contributed by atoms with Crippen LogP contribution in [0.4, 0.5) is 0 Å². The van der Waals surface area contributed by atoms with Gasteiger partial charge in [0, 0.05) is 19.3 Å². The van der Waals surface area contributed by atoms with Gasteiger partial charge in [-0.3, -0.25) is 9.59 Å². The zero-order valence-corrected chi connectivity index (χ0v) is 30.0. The smallest absolute Gasteiger partial charge is 0.306 e. The lowest BCUT2D eigenvalue weighted by Gasteiger charge is -2.34. The normalized spacial score (nSPS) is 13.5. The fourth-order valence-corrected chi connectivity index (χ4v) is 4.97. The first-order valence-corrected chi connectivity index (χ1v) is 18.0. The van der Waals surface area contributed by atoms with Crippen LogP contribution in [0.2, 0.25) is 0 Å². The molecule has 266 valence electrons. The van der Waals surface area contributed by atoms with Crippen molar-refractivity contribution in [2.75, 3.05) is 41.0 Å². The van der Waals surface area contributed by atoms with Gasteiger partial charge >= 0.3 is 11.9 Å². The van der Waals surface area contributed by atoms with Crippen molar-refractivity contribution in [1.29, 1.82) is 0 Å². The number of carbonyl (C=O) groups is 3. The third-order valence-electron chi connectivity index (χ3n) is 7.79. The summed E-state index contributed by atoms with van der Waals surface area (Å²) in [4.78, 5) is 36.5. The van der Waals surface area contributed by atoms with Gasteiger partial charge < -0.3 is 28.6 Å². The molecule has 0 bridgehead atoms. The molecule has 0 aliphatic carbocycles. The highest BCUT2D eigenvalue weighted by atomic mass is 16.6. The van der Waals surface area contributed by atoms with Crippen LogP contribution in [0.5, 0.6) is 0 Å². The topological polar surface area (TPSA) is 102 Å². The molecule has 0 radical (unpaired) electrons. The van der Waals surface area contributed by atoms with Gasteiger partial charge in [-0.1, -0.05) is 108 Å². The highest BCUT2D eigenvalue weighted by Gasteiger charge is 2.25. The third-order valence-corrected chi connectivity index (χ3v) is 7.79. The zero-order valence-electron chi connectivity index (χ0n) is 30.0. The molecular formula is C38H67NO7. The van der Waals surface area contributed by atoms with Crippen molar-refractivity contribution in [3.05, 3.63) is 36.5 Å². The Labute approximate surface area is 281 Å². The second-order valence-corrected chi connectivity index (χ2v) is 13.1. The van der Waals surface area contributed by atoms with E-state index in [0.29, 0.717) is 6.42 Å². The number of esters is 2. The molecule has 0 aliphatic rings. The molecule has 2 atom stereocenters. The first-order chi connectivity index (χ1) is 22.1. The molecule has 8 nitrogen and oxygen atoms in total. The van der Waals surface area contributed by atoms with Crippen molar-refractivity contribution in [2.24, 2.45) is 0 Å². The standard InChI is InChI=1S/C38H67NO7/c1-6-8-10-12-14-16-17-18-19-21-23-25-27-29-37(41)46-34(32-44-31-30-35(38(42)43)39(3,4)5)33-45-36(40)28-26-24-22-20-15-13-11-9-7-2/h8,10,14,16,18-19,34-35H,6-7,9,11-13,15,17,20-33H2,1-5H3/b10-8-,16-14-,19-18-. The maximum atomic E-state index is 12.6. The predicted octanol–water partition coefficient (Wildman–Crippen LogP) is 7.40. The number of unbranched alkanes of at least 4 members (excludes halogenated alkanes) is 11. The summed E-state index contributed by atoms with van der Waals surface area (Å²) in [6, 6.07) is -0.727. The lowest BCUT2D eigenvalue weighted by Crippen LogP contribution is -2.55. The molecule has 46 heavy (non-hydrogen) atoms. The molecule has 0 saturated heterocycles. The largest absolute Gasteiger partial charge is 0.544 e. The van der Waals surface area contributed by atoms with Crippen LogP contribution in [0, 0.1) is 0 Å². The maximum Gasteiger partial charge on any atom is 0.306 e. The van der Waals surface area contributed by atoms with Crippen molar-refractivity contribution in [1.82, 2.24) is 0 Å². The number of rotatable bonds is 31. The second kappa shape index (κ2) is 29.9. The van der Waals surface area contributed by atoms with Gasteiger partial charge in [0.15, 0.2) is 6.10 Å². The summed E-state index contributed by atoms with van der Waals surface area (Å²) in [5.74, 6) is -1.78. The number of hydrogen-bond donors (Lipinski definition) is 0. The minimum absolute atomic E-state index is 0.0299. The lowest BCUT2D eigenvalue weighted by atomic mass is 10.1. The van der Waals surface area contributed by atoms with E-state index in [1.807, 2.05) is 0 Å². The van der Waals surface area contributed by atoms with E-state index in [-0.39, 0.29) is 49.1 Å². The Morgan fingerprint density at radius 2 is 1.22 bits per heavy atom. The van der Waals surface area contributed by atoms with Gasteiger partial charge in [0.1, 0.15) is 12.6 Å². The number of carboxylic acid groups (broad SMARTS) is 1. The Bertz CT molecular complexity index is 860. The van der Waals surface area contributed by atoms with Crippen molar-refractivity contribution >= 4 is 17.9 Å². The number of carbonyl (C=O) groups excluding carboxylic acids is 3. The summed E-state index contributed by atoms with van der Waals surface area (Å²) < 4.78 is 17.0. The van der Waals surface area contributed by atoms with E-state index in [1.165, 1.54) is 38.5 Å². The Balaban J connectivity index is 4.51. The number of nitrogens with zero attached hydrogens (tertiary/aromatic N) is 1. The van der Waals surface area contributed by atoms with Crippen molar-refractivity contribution in [3.63, 3.8) is 0 Å². The Morgan fingerprint density at radius 1 is 0.674 bits per heavy atom. The van der Waals surface area contributed by atoms with E-state index < -0.39 is 18.1 Å². The van der Waals surface area contributed by atoms with Gasteiger partial charge in [-0.05, 0) is 44.9 Å². The molecular weight excluding hydrogens is 582 g/mol. The maximum absolute atomic E-state index is 12.6. The van der Waals surface area contributed by atoms with Crippen LogP contribution in [0.1, 0.15) is 136 Å². The highest BCUT2D eigenvalue weighted by molar-refractivity contribution is 5.70. The minimum Gasteiger partial charge on any atom is -0.544 e. The number of ether oxygens (including phenoxy) is 3. The Kier molecular flexibility index (Phi) is 28.3. The Morgan fingerprint density at radius 3 is 1.80 bits per heavy atom. The first kappa shape index (κ1) is 43.5. The van der Waals surface area contributed by atoms with Crippen LogP contribution in [-0.4, -0.2) is 75.5 Å². The average Bonchev–Trinajstić information content (AvgIpc) is 3.00. The van der Waals surface area contributed by atoms with E-state index in [2.05, 4.69) is 50.3 Å². The quantitative estimate of drug-likeness (QED) is 0.0334. The molecule has 0 heterocycles. The van der Waals surface area contributed by atoms with Gasteiger partial charge in [-0.15, -0.1) is 0 Å². The summed E-state index contributed by atoms with van der Waals surface area (Å²) >= 11 is 0. The number of carboxylic acids is 1. The van der Waals surface area contributed by atoms with Crippen LogP contribution in [0.25, 0.3) is 0 Å². The fourth-order valence-electron chi connectivity index (χ4n) is 4.97. The summed E-state index contributed by atoms with van der Waals surface area (Å²) in [6.07, 6.45) is 30.3. The molecule has 0 aromatic rings. The van der Waals surface area contributed by atoms with Crippen LogP contribution in [0.3, 0.4) is 0 Å². The highest BCUT2D eigenvalue weighted by Crippen LogP contribution is 2.12. The molecule has 0 aromatic carbocycles. The molecule has 0 aliphatic heterocycles. The van der Waals surface area contributed by atoms with Crippen LogP contribution >= 0.6 is 0 Å². The van der Waals surface area contributed by atoms with Gasteiger partial charge in [0.05, 0.1) is 40.3 Å². The lowest BCUT2D eigenvalue weighted by molar-refractivity contribution is -0.889. The molecule has 8 heteroatoms. The zero-order chi connectivity index (χ0) is 34.3. The van der Waals surface area contributed by atoms with E-state index in [4.69, 9.17) is 14.2 Å². The third kappa shape index (κ3) is 27.8. The monoisotopic (exact) mass is 649 g/mol. The van der Waals surface area contributed by atoms with E-state index in [9.17, 15) is 19.5 Å². The van der Waals surface area contributed by atoms with Crippen LogP contribution in [0.15, 0.2) is 36.5 Å². The molecule has 0 N–H and O–H groups in total. The van der Waals surface area contributed by atoms with Gasteiger partial charge in [-0.25, -0.2) is 0 Å². The molecule has 0 amide bonds. The van der Waals surface area contributed by atoms with Gasteiger partial charge in [0.2, 0.25) is 0 Å². The molecule has 0 rings (SSSR count). The van der Waals surface area contributed by atoms with Gasteiger partial charge in [0.25, 0.3) is 0 Å². The molecule has 2 unspecified atom stereocenters. The SMILES string of the molecule is CC/C=C\C/C=C\C/C=C\CCCCCC(=O)OC(COCCC(C(=O)[O-])[N+](C)(C)C)COC(=O)CCCCCCCCCCC. The second-order valence-electron chi connectivity index (χ2n) is 13.1. The van der Waals surface area contributed by atoms with Crippen LogP contribution < -0.4 is 5.11 Å². The summed E-state index contributed by atoms with van der Waals surface area (Å²) in [5.41, 5.74) is 0. The number of aliphatic carboxylic acids is 1. The number of likely N-dealkylation sites (N-methyl/N-ethyl adjacent to an activating group) is 1. The predicted molar refractivity (Wildman–Crippen MR) is 185 cm³/mol. The summed E-state index contributed by atoms with van der Waals surface area (Å²) in [5, 5.41) is 11.5. The molecule has 0 saturated carbocycles. The van der Waals surface area contributed by atoms with Crippen molar-refractivity contribution in [2.45, 2.75) is 148 Å². The number of quaternary nitrogens is 1. The first-order valence-electron chi connectivity index (χ1n) is 18.0. The van der Waals surface area contributed by atoms with Crippen LogP contribution in [-0.2, 0) is 28.6 Å². The van der Waals surface area contributed by atoms with Crippen molar-refractivity contribution in [3.8, 4) is 0 Å². The minimum atomic E-state index is -1.13. The average molecular weight is 650 g/mol. The van der Waals surface area contributed by atoms with Crippen molar-refractivity contribution < 1.29 is 38.2 Å². The summed E-state index contributed by atoms with van der Waals surface area (Å²) in [7, 11) is 5.38. The van der Waals surface area contributed by atoms with E-state index >= 15 is 0 Å². The number of hydrogen-bond acceptors (Lipinski definition) is 7. The molecule has 0 spiro atoms. The molecule has 0 fully saturated rings. The van der Waals surface area contributed by atoms with E-state index in [1.54, 1.807) is 21.1 Å². The number of allylic oxidation sites excluding steroid dienone is 6. The molecule has 0 aromatic heterocycles. The summed E-state index contributed by atoms with van der Waals surface area (Å²) in [6.45, 7) is 4.47. The Hall–Kier alpha value is -2.45.